The summed E-state index contributed by atoms with van der Waals surface area (Å²) >= 11 is 3.54. The van der Waals surface area contributed by atoms with Crippen molar-refractivity contribution in [2.24, 2.45) is 5.92 Å². The predicted octanol–water partition coefficient (Wildman–Crippen LogP) is 5.80. The maximum atomic E-state index is 12.2. The summed E-state index contributed by atoms with van der Waals surface area (Å²) in [6, 6.07) is 20.2. The van der Waals surface area contributed by atoms with Gasteiger partial charge in [-0.1, -0.05) is 58.4 Å². The van der Waals surface area contributed by atoms with Gasteiger partial charge in [0.25, 0.3) is 0 Å². The highest BCUT2D eigenvalue weighted by molar-refractivity contribution is 9.10. The Bertz CT molecular complexity index is 845. The molecule has 0 aliphatic carbocycles. The Hall–Kier alpha value is -1.65. The number of amides is 1. The molecule has 2 saturated heterocycles. The van der Waals surface area contributed by atoms with Crippen LogP contribution in [0.3, 0.4) is 0 Å². The average Bonchev–Trinajstić information content (AvgIpc) is 2.80. The number of benzene rings is 2. The number of rotatable bonds is 4. The molecule has 2 fully saturated rings. The minimum atomic E-state index is 0.0954. The Morgan fingerprint density at radius 1 is 1.03 bits per heavy atom. The third-order valence-electron chi connectivity index (χ3n) is 7.53. The molecular formula is C26H33BrN2O. The van der Waals surface area contributed by atoms with Gasteiger partial charge in [0.2, 0.25) is 5.91 Å². The van der Waals surface area contributed by atoms with Crippen molar-refractivity contribution < 1.29 is 4.79 Å². The highest BCUT2D eigenvalue weighted by atomic mass is 79.9. The molecule has 160 valence electrons. The molecule has 2 aromatic carbocycles. The summed E-state index contributed by atoms with van der Waals surface area (Å²) < 4.78 is 1.13. The molecule has 4 rings (SSSR count). The molecule has 4 heteroatoms. The van der Waals surface area contributed by atoms with Crippen LogP contribution >= 0.6 is 15.9 Å². The van der Waals surface area contributed by atoms with Crippen LogP contribution in [-0.2, 0) is 10.2 Å². The first kappa shape index (κ1) is 21.6. The standard InChI is InChI=1S/C26H33BrN2O/c1-20(22-9-11-25(27)12-10-22)28-17-13-24(14-18-28)26(23-7-4-3-5-8-23)15-6-16-29(19-26)21(2)30/h3-5,7-12,20,24H,6,13-19H2,1-2H3. The Morgan fingerprint density at radius 2 is 1.70 bits per heavy atom. The summed E-state index contributed by atoms with van der Waals surface area (Å²) in [6.45, 7) is 8.08. The van der Waals surface area contributed by atoms with Gasteiger partial charge in [-0.15, -0.1) is 0 Å². The van der Waals surface area contributed by atoms with Crippen molar-refractivity contribution in [1.82, 2.24) is 9.80 Å². The number of hydrogen-bond acceptors (Lipinski definition) is 2. The van der Waals surface area contributed by atoms with Crippen LogP contribution < -0.4 is 0 Å². The fraction of sp³-hybridized carbons (Fsp3) is 0.500. The lowest BCUT2D eigenvalue weighted by Gasteiger charge is -2.51. The third kappa shape index (κ3) is 4.36. The monoisotopic (exact) mass is 468 g/mol. The maximum absolute atomic E-state index is 12.2. The van der Waals surface area contributed by atoms with Gasteiger partial charge in [0.15, 0.2) is 0 Å². The van der Waals surface area contributed by atoms with Gasteiger partial charge in [-0.05, 0) is 74.9 Å². The van der Waals surface area contributed by atoms with Gasteiger partial charge in [-0.25, -0.2) is 0 Å². The van der Waals surface area contributed by atoms with Crippen molar-refractivity contribution in [3.63, 3.8) is 0 Å². The van der Waals surface area contributed by atoms with Crippen LogP contribution in [0.5, 0.6) is 0 Å². The van der Waals surface area contributed by atoms with Crippen molar-refractivity contribution in [2.45, 2.75) is 51.0 Å². The van der Waals surface area contributed by atoms with Gasteiger partial charge in [-0.3, -0.25) is 9.69 Å². The van der Waals surface area contributed by atoms with Crippen molar-refractivity contribution >= 4 is 21.8 Å². The predicted molar refractivity (Wildman–Crippen MR) is 126 cm³/mol. The number of halogens is 1. The number of carbonyl (C=O) groups is 1. The molecule has 0 radical (unpaired) electrons. The number of piperidine rings is 2. The Kier molecular flexibility index (Phi) is 6.64. The molecule has 0 bridgehead atoms. The lowest BCUT2D eigenvalue weighted by atomic mass is 9.62. The molecule has 0 saturated carbocycles. The summed E-state index contributed by atoms with van der Waals surface area (Å²) in [6.07, 6.45) is 4.68. The fourth-order valence-corrected chi connectivity index (χ4v) is 5.98. The van der Waals surface area contributed by atoms with Gasteiger partial charge in [0.1, 0.15) is 0 Å². The van der Waals surface area contributed by atoms with E-state index in [1.54, 1.807) is 6.92 Å². The zero-order valence-corrected chi connectivity index (χ0v) is 19.8. The van der Waals surface area contributed by atoms with Crippen LogP contribution in [0.4, 0.5) is 0 Å². The first-order valence-electron chi connectivity index (χ1n) is 11.3. The quantitative estimate of drug-likeness (QED) is 0.565. The van der Waals surface area contributed by atoms with Crippen LogP contribution in [0.15, 0.2) is 59.1 Å². The molecular weight excluding hydrogens is 436 g/mol. The van der Waals surface area contributed by atoms with E-state index in [0.29, 0.717) is 12.0 Å². The van der Waals surface area contributed by atoms with E-state index in [1.807, 2.05) is 0 Å². The molecule has 0 aromatic heterocycles. The summed E-state index contributed by atoms with van der Waals surface area (Å²) in [7, 11) is 0. The van der Waals surface area contributed by atoms with Crippen LogP contribution in [0.1, 0.15) is 56.7 Å². The summed E-state index contributed by atoms with van der Waals surface area (Å²) in [5.74, 6) is 0.840. The molecule has 2 aliphatic heterocycles. The fourth-order valence-electron chi connectivity index (χ4n) is 5.72. The van der Waals surface area contributed by atoms with E-state index in [-0.39, 0.29) is 11.3 Å². The zero-order chi connectivity index (χ0) is 21.1. The zero-order valence-electron chi connectivity index (χ0n) is 18.2. The minimum absolute atomic E-state index is 0.0954. The van der Waals surface area contributed by atoms with Crippen molar-refractivity contribution in [2.75, 3.05) is 26.2 Å². The molecule has 2 aliphatic rings. The second kappa shape index (κ2) is 9.23. The highest BCUT2D eigenvalue weighted by Gasteiger charge is 2.45. The van der Waals surface area contributed by atoms with E-state index in [2.05, 4.69) is 87.3 Å². The smallest absolute Gasteiger partial charge is 0.219 e. The van der Waals surface area contributed by atoms with Crippen molar-refractivity contribution in [3.05, 3.63) is 70.2 Å². The summed E-state index contributed by atoms with van der Waals surface area (Å²) in [5, 5.41) is 0. The van der Waals surface area contributed by atoms with Crippen LogP contribution in [-0.4, -0.2) is 41.9 Å². The van der Waals surface area contributed by atoms with Gasteiger partial charge in [0, 0.05) is 35.9 Å². The number of carbonyl (C=O) groups excluding carboxylic acids is 1. The van der Waals surface area contributed by atoms with Crippen LogP contribution in [0.2, 0.25) is 0 Å². The molecule has 2 atom stereocenters. The molecule has 2 heterocycles. The normalized spacial score (nSPS) is 24.6. The van der Waals surface area contributed by atoms with Gasteiger partial charge in [0.05, 0.1) is 0 Å². The molecule has 2 unspecified atom stereocenters. The van der Waals surface area contributed by atoms with E-state index < -0.39 is 0 Å². The number of nitrogens with zero attached hydrogens (tertiary/aromatic N) is 2. The van der Waals surface area contributed by atoms with Crippen LogP contribution in [0.25, 0.3) is 0 Å². The highest BCUT2D eigenvalue weighted by Crippen LogP contribution is 2.45. The van der Waals surface area contributed by atoms with E-state index in [4.69, 9.17) is 0 Å². The van der Waals surface area contributed by atoms with Gasteiger partial charge < -0.3 is 4.90 Å². The topological polar surface area (TPSA) is 23.6 Å². The van der Waals surface area contributed by atoms with E-state index in [0.717, 1.165) is 37.1 Å². The first-order chi connectivity index (χ1) is 14.5. The maximum Gasteiger partial charge on any atom is 0.219 e. The minimum Gasteiger partial charge on any atom is -0.342 e. The Labute approximate surface area is 189 Å². The van der Waals surface area contributed by atoms with E-state index >= 15 is 0 Å². The second-order valence-corrected chi connectivity index (χ2v) is 10.0. The van der Waals surface area contributed by atoms with Crippen LogP contribution in [0, 0.1) is 5.92 Å². The summed E-state index contributed by atoms with van der Waals surface area (Å²) in [5.41, 5.74) is 2.91. The van der Waals surface area contributed by atoms with Gasteiger partial charge >= 0.3 is 0 Å². The van der Waals surface area contributed by atoms with Gasteiger partial charge in [-0.2, -0.15) is 0 Å². The Balaban J connectivity index is 1.52. The average molecular weight is 469 g/mol. The third-order valence-corrected chi connectivity index (χ3v) is 8.06. The van der Waals surface area contributed by atoms with E-state index in [1.165, 1.54) is 30.4 Å². The second-order valence-electron chi connectivity index (χ2n) is 9.10. The Morgan fingerprint density at radius 3 is 2.33 bits per heavy atom. The molecule has 2 aromatic rings. The van der Waals surface area contributed by atoms with Crippen molar-refractivity contribution in [1.29, 1.82) is 0 Å². The number of hydrogen-bond donors (Lipinski definition) is 0. The summed E-state index contributed by atoms with van der Waals surface area (Å²) in [4.78, 5) is 17.0. The molecule has 30 heavy (non-hydrogen) atoms. The largest absolute Gasteiger partial charge is 0.342 e. The lowest BCUT2D eigenvalue weighted by molar-refractivity contribution is -0.132. The van der Waals surface area contributed by atoms with E-state index in [9.17, 15) is 4.79 Å². The molecule has 0 spiro atoms. The molecule has 3 nitrogen and oxygen atoms in total. The lowest BCUT2D eigenvalue weighted by Crippen LogP contribution is -2.54. The van der Waals surface area contributed by atoms with Crippen molar-refractivity contribution in [3.8, 4) is 0 Å². The molecule has 0 N–H and O–H groups in total. The number of likely N-dealkylation sites (tertiary alicyclic amines) is 2. The molecule has 1 amide bonds. The first-order valence-corrected chi connectivity index (χ1v) is 12.1. The SMILES string of the molecule is CC(=O)N1CCCC(c2ccccc2)(C2CCN(C(C)c3ccc(Br)cc3)CC2)C1.